The molecule has 1 fully saturated rings. The van der Waals surface area contributed by atoms with Gasteiger partial charge in [0, 0.05) is 51.0 Å². The number of carbonyl (C=O) groups excluding carboxylic acids is 3. The Bertz CT molecular complexity index is 992. The summed E-state index contributed by atoms with van der Waals surface area (Å²) in [6.07, 6.45) is 4.06. The molecule has 2 aromatic rings. The van der Waals surface area contributed by atoms with E-state index in [4.69, 9.17) is 0 Å². The minimum Gasteiger partial charge on any atom is -0.343 e. The molecular weight excluding hydrogens is 410 g/mol. The lowest BCUT2D eigenvalue weighted by atomic mass is 9.97. The molecule has 7 heteroatoms. The van der Waals surface area contributed by atoms with E-state index in [9.17, 15) is 14.4 Å². The van der Waals surface area contributed by atoms with Crippen LogP contribution in [0.1, 0.15) is 70.9 Å². The van der Waals surface area contributed by atoms with Crippen LogP contribution in [-0.2, 0) is 16.0 Å². The maximum Gasteiger partial charge on any atom is 0.227 e. The first-order valence-corrected chi connectivity index (χ1v) is 11.9. The van der Waals surface area contributed by atoms with Gasteiger partial charge in [-0.2, -0.15) is 0 Å². The Morgan fingerprint density at radius 3 is 2.48 bits per heavy atom. The first-order valence-electron chi connectivity index (χ1n) is 11.1. The zero-order valence-corrected chi connectivity index (χ0v) is 19.0. The minimum atomic E-state index is 0.0702. The minimum absolute atomic E-state index is 0.0702. The van der Waals surface area contributed by atoms with Crippen LogP contribution in [0.3, 0.4) is 0 Å². The van der Waals surface area contributed by atoms with E-state index in [2.05, 4.69) is 11.1 Å². The van der Waals surface area contributed by atoms with Crippen LogP contribution in [0, 0.1) is 6.92 Å². The molecule has 0 bridgehead atoms. The molecule has 0 radical (unpaired) electrons. The molecule has 164 valence electrons. The van der Waals surface area contributed by atoms with Gasteiger partial charge in [-0.15, -0.1) is 11.3 Å². The van der Waals surface area contributed by atoms with Gasteiger partial charge in [0.15, 0.2) is 5.78 Å². The number of carbonyl (C=O) groups is 3. The molecule has 2 amide bonds. The number of ketones is 1. The molecule has 0 aliphatic carbocycles. The smallest absolute Gasteiger partial charge is 0.227 e. The summed E-state index contributed by atoms with van der Waals surface area (Å²) in [6, 6.07) is 8.04. The molecule has 1 aromatic heterocycles. The molecule has 0 spiro atoms. The number of benzene rings is 1. The first-order chi connectivity index (χ1) is 14.9. The summed E-state index contributed by atoms with van der Waals surface area (Å²) in [4.78, 5) is 46.1. The first kappa shape index (κ1) is 21.7. The number of rotatable bonds is 6. The zero-order chi connectivity index (χ0) is 22.0. The molecule has 6 nitrogen and oxygen atoms in total. The molecule has 2 aliphatic heterocycles. The fourth-order valence-corrected chi connectivity index (χ4v) is 5.71. The quantitative estimate of drug-likeness (QED) is 0.635. The van der Waals surface area contributed by atoms with Gasteiger partial charge in [-0.25, -0.2) is 4.98 Å². The van der Waals surface area contributed by atoms with Crippen molar-refractivity contribution in [3.05, 3.63) is 45.4 Å². The number of amides is 2. The largest absolute Gasteiger partial charge is 0.343 e. The third-order valence-corrected chi connectivity index (χ3v) is 7.72. The fourth-order valence-electron chi connectivity index (χ4n) is 4.58. The van der Waals surface area contributed by atoms with Crippen LogP contribution in [-0.4, -0.2) is 47.1 Å². The number of hydrogen-bond donors (Lipinski definition) is 0. The van der Waals surface area contributed by atoms with Gasteiger partial charge < -0.3 is 9.80 Å². The van der Waals surface area contributed by atoms with E-state index >= 15 is 0 Å². The van der Waals surface area contributed by atoms with Crippen LogP contribution in [0.25, 0.3) is 0 Å². The van der Waals surface area contributed by atoms with Crippen molar-refractivity contribution in [2.24, 2.45) is 0 Å². The van der Waals surface area contributed by atoms with Gasteiger partial charge in [-0.1, -0.05) is 18.2 Å². The molecule has 2 aliphatic rings. The lowest BCUT2D eigenvalue weighted by Gasteiger charge is -2.31. The van der Waals surface area contributed by atoms with Crippen LogP contribution >= 0.6 is 11.3 Å². The number of aryl methyl sites for hydroxylation is 1. The van der Waals surface area contributed by atoms with Gasteiger partial charge in [0.2, 0.25) is 11.8 Å². The van der Waals surface area contributed by atoms with Crippen molar-refractivity contribution in [1.82, 2.24) is 9.88 Å². The number of anilines is 1. The molecule has 3 heterocycles. The molecule has 0 saturated carbocycles. The molecule has 1 aromatic carbocycles. The number of fused-ring (bicyclic) bond motifs is 1. The monoisotopic (exact) mass is 439 g/mol. The predicted octanol–water partition coefficient (Wildman–Crippen LogP) is 4.12. The Kier molecular flexibility index (Phi) is 6.51. The van der Waals surface area contributed by atoms with Crippen LogP contribution in [0.2, 0.25) is 0 Å². The SMILES string of the molecule is CC(=O)c1sc(C2CCN(C(=O)CCCC(=O)N3CCc4ccccc43)CC2)nc1C. The zero-order valence-electron chi connectivity index (χ0n) is 18.2. The van der Waals surface area contributed by atoms with Gasteiger partial charge in [0.1, 0.15) is 0 Å². The normalized spacial score (nSPS) is 16.5. The highest BCUT2D eigenvalue weighted by Gasteiger charge is 2.27. The highest BCUT2D eigenvalue weighted by molar-refractivity contribution is 7.13. The van der Waals surface area contributed by atoms with Gasteiger partial charge in [-0.05, 0) is 44.2 Å². The summed E-state index contributed by atoms with van der Waals surface area (Å²) in [6.45, 7) is 5.63. The van der Waals surface area contributed by atoms with Crippen molar-refractivity contribution in [3.63, 3.8) is 0 Å². The third kappa shape index (κ3) is 4.71. The van der Waals surface area contributed by atoms with Crippen molar-refractivity contribution in [2.45, 2.75) is 58.3 Å². The Morgan fingerprint density at radius 2 is 1.77 bits per heavy atom. The van der Waals surface area contributed by atoms with Crippen molar-refractivity contribution in [3.8, 4) is 0 Å². The molecule has 1 saturated heterocycles. The second kappa shape index (κ2) is 9.30. The fraction of sp³-hybridized carbons (Fsp3) is 0.500. The average Bonchev–Trinajstić information content (AvgIpc) is 3.37. The van der Waals surface area contributed by atoms with Crippen LogP contribution in [0.4, 0.5) is 5.69 Å². The third-order valence-electron chi connectivity index (χ3n) is 6.30. The Balaban J connectivity index is 1.22. The Morgan fingerprint density at radius 1 is 1.06 bits per heavy atom. The van der Waals surface area contributed by atoms with Crippen molar-refractivity contribution in [2.75, 3.05) is 24.5 Å². The van der Waals surface area contributed by atoms with Gasteiger partial charge in [0.25, 0.3) is 0 Å². The second-order valence-corrected chi connectivity index (χ2v) is 9.49. The summed E-state index contributed by atoms with van der Waals surface area (Å²) >= 11 is 1.50. The van der Waals surface area contributed by atoms with Crippen molar-refractivity contribution < 1.29 is 14.4 Å². The number of nitrogens with zero attached hydrogens (tertiary/aromatic N) is 3. The van der Waals surface area contributed by atoms with E-state index in [1.54, 1.807) is 6.92 Å². The number of hydrogen-bond acceptors (Lipinski definition) is 5. The van der Waals surface area contributed by atoms with E-state index in [-0.39, 0.29) is 17.6 Å². The van der Waals surface area contributed by atoms with Crippen molar-refractivity contribution in [1.29, 1.82) is 0 Å². The molecule has 31 heavy (non-hydrogen) atoms. The van der Waals surface area contributed by atoms with Crippen molar-refractivity contribution >= 4 is 34.6 Å². The second-order valence-electron chi connectivity index (χ2n) is 8.46. The molecular formula is C24H29N3O3S. The van der Waals surface area contributed by atoms with E-state index in [1.807, 2.05) is 34.9 Å². The number of piperidine rings is 1. The summed E-state index contributed by atoms with van der Waals surface area (Å²) in [5, 5.41) is 1.02. The Labute approximate surface area is 187 Å². The van der Waals surface area contributed by atoms with E-state index in [1.165, 1.54) is 16.9 Å². The predicted molar refractivity (Wildman–Crippen MR) is 122 cm³/mol. The summed E-state index contributed by atoms with van der Waals surface area (Å²) in [7, 11) is 0. The maximum absolute atomic E-state index is 12.6. The van der Waals surface area contributed by atoms with E-state index < -0.39 is 0 Å². The number of aromatic nitrogens is 1. The number of thiazole rings is 1. The molecule has 4 rings (SSSR count). The topological polar surface area (TPSA) is 70.6 Å². The van der Waals surface area contributed by atoms with Gasteiger partial charge in [0.05, 0.1) is 15.6 Å². The van der Waals surface area contributed by atoms with Gasteiger partial charge >= 0.3 is 0 Å². The molecule has 0 atom stereocenters. The van der Waals surface area contributed by atoms with Crippen LogP contribution in [0.5, 0.6) is 0 Å². The summed E-state index contributed by atoms with van der Waals surface area (Å²) in [5.41, 5.74) is 3.06. The van der Waals surface area contributed by atoms with Crippen LogP contribution < -0.4 is 4.90 Å². The highest BCUT2D eigenvalue weighted by Crippen LogP contribution is 2.33. The molecule has 0 unspecified atom stereocenters. The maximum atomic E-state index is 12.6. The standard InChI is InChI=1S/C24H29N3O3S/c1-16-23(17(2)28)31-24(25-16)19-10-13-26(14-11-19)21(29)8-5-9-22(30)27-15-12-18-6-3-4-7-20(18)27/h3-4,6-7,19H,5,8-15H2,1-2H3. The summed E-state index contributed by atoms with van der Waals surface area (Å²) < 4.78 is 0. The van der Waals surface area contributed by atoms with Gasteiger partial charge in [-0.3, -0.25) is 14.4 Å². The summed E-state index contributed by atoms with van der Waals surface area (Å²) in [5.74, 6) is 0.628. The number of Topliss-reactive ketones (excluding diaryl/α,β-unsaturated/α-hetero) is 1. The Hall–Kier alpha value is -2.54. The van der Waals surface area contributed by atoms with E-state index in [0.717, 1.165) is 47.1 Å². The lowest BCUT2D eigenvalue weighted by Crippen LogP contribution is -2.38. The highest BCUT2D eigenvalue weighted by atomic mass is 32.1. The average molecular weight is 440 g/mol. The van der Waals surface area contributed by atoms with E-state index in [0.29, 0.717) is 38.3 Å². The number of likely N-dealkylation sites (tertiary alicyclic amines) is 1. The number of para-hydroxylation sites is 1. The molecule has 0 N–H and O–H groups in total. The van der Waals surface area contributed by atoms with Crippen LogP contribution in [0.15, 0.2) is 24.3 Å². The lowest BCUT2D eigenvalue weighted by molar-refractivity contribution is -0.132.